The number of nitrogens with one attached hydrogen (secondary N) is 1. The number of benzene rings is 1. The fourth-order valence-electron chi connectivity index (χ4n) is 5.12. The summed E-state index contributed by atoms with van der Waals surface area (Å²) in [4.78, 5) is 66.2. The molecule has 0 spiro atoms. The number of nitrogens with zero attached hydrogens (tertiary/aromatic N) is 4. The van der Waals surface area contributed by atoms with Gasteiger partial charge in [0.1, 0.15) is 24.1 Å². The smallest absolute Gasteiger partial charge is 0.341 e. The average molecular weight is 584 g/mol. The van der Waals surface area contributed by atoms with Crippen LogP contribution in [0.3, 0.4) is 0 Å². The number of ether oxygens (including phenoxy) is 2. The summed E-state index contributed by atoms with van der Waals surface area (Å²) in [5.74, 6) is -2.45. The van der Waals surface area contributed by atoms with Crippen molar-refractivity contribution in [2.24, 2.45) is 0 Å². The van der Waals surface area contributed by atoms with Gasteiger partial charge in [-0.3, -0.25) is 28.8 Å². The topological polar surface area (TPSA) is 156 Å². The molecule has 4 heterocycles. The number of piperazine rings is 1. The number of carbonyl (C=O) groups is 2. The maximum atomic E-state index is 15.1. The number of H-pyrrole nitrogens is 1. The Hall–Kier alpha value is -4.56. The van der Waals surface area contributed by atoms with Gasteiger partial charge in [0.05, 0.1) is 17.7 Å². The number of aromatic amines is 1. The Labute approximate surface area is 238 Å². The van der Waals surface area contributed by atoms with Crippen molar-refractivity contribution in [2.45, 2.75) is 32.7 Å². The van der Waals surface area contributed by atoms with Gasteiger partial charge in [0.15, 0.2) is 6.23 Å². The van der Waals surface area contributed by atoms with E-state index in [4.69, 9.17) is 9.47 Å². The van der Waals surface area contributed by atoms with E-state index in [1.54, 1.807) is 36.6 Å². The zero-order valence-corrected chi connectivity index (χ0v) is 23.0. The highest BCUT2D eigenvalue weighted by atomic mass is 19.1. The number of hydrogen-bond acceptors (Lipinski definition) is 9. The van der Waals surface area contributed by atoms with Crippen molar-refractivity contribution < 1.29 is 28.6 Å². The number of rotatable bonds is 8. The molecule has 13 nitrogen and oxygen atoms in total. The number of anilines is 1. The number of esters is 1. The van der Waals surface area contributed by atoms with Crippen molar-refractivity contribution >= 4 is 28.5 Å². The molecule has 0 radical (unpaired) electrons. The second kappa shape index (κ2) is 11.7. The first-order valence-corrected chi connectivity index (χ1v) is 13.4. The number of fused-ring (bicyclic) bond motifs is 1. The first-order valence-electron chi connectivity index (χ1n) is 13.4. The van der Waals surface area contributed by atoms with E-state index in [9.17, 15) is 29.1 Å². The Bertz CT molecular complexity index is 1750. The van der Waals surface area contributed by atoms with Crippen LogP contribution < -0.4 is 21.6 Å². The fourth-order valence-corrected chi connectivity index (χ4v) is 5.12. The van der Waals surface area contributed by atoms with Crippen molar-refractivity contribution in [1.82, 2.24) is 19.0 Å². The molecule has 2 atom stereocenters. The van der Waals surface area contributed by atoms with Crippen LogP contribution in [0.5, 0.6) is 0 Å². The van der Waals surface area contributed by atoms with Crippen molar-refractivity contribution in [3.63, 3.8) is 0 Å². The number of hydrogen-bond donors (Lipinski definition) is 2. The van der Waals surface area contributed by atoms with Gasteiger partial charge in [-0.1, -0.05) is 6.08 Å². The summed E-state index contributed by atoms with van der Waals surface area (Å²) in [5, 5.41) is 9.35. The summed E-state index contributed by atoms with van der Waals surface area (Å²) in [6.45, 7) is 5.51. The summed E-state index contributed by atoms with van der Waals surface area (Å²) in [6.07, 6.45) is 4.72. The van der Waals surface area contributed by atoms with Crippen molar-refractivity contribution in [1.29, 1.82) is 0 Å². The number of carboxylic acid groups (broad SMARTS) is 1. The van der Waals surface area contributed by atoms with E-state index in [1.165, 1.54) is 17.0 Å². The fraction of sp³-hybridized carbons (Fsp3) is 0.393. The molecule has 14 heteroatoms. The van der Waals surface area contributed by atoms with Crippen LogP contribution in [-0.4, -0.2) is 81.5 Å². The quantitative estimate of drug-likeness (QED) is 0.288. The van der Waals surface area contributed by atoms with E-state index in [0.717, 1.165) is 6.07 Å². The van der Waals surface area contributed by atoms with E-state index in [1.807, 2.05) is 9.80 Å². The van der Waals surface area contributed by atoms with Crippen LogP contribution in [0.1, 0.15) is 29.1 Å². The van der Waals surface area contributed by atoms with Gasteiger partial charge in [-0.05, 0) is 32.1 Å². The minimum absolute atomic E-state index is 0.00710. The van der Waals surface area contributed by atoms with Crippen molar-refractivity contribution in [3.05, 3.63) is 84.7 Å². The molecule has 0 saturated carbocycles. The van der Waals surface area contributed by atoms with Crippen LogP contribution in [-0.2, 0) is 20.8 Å². The van der Waals surface area contributed by atoms with Crippen molar-refractivity contribution in [2.75, 3.05) is 44.2 Å². The van der Waals surface area contributed by atoms with Gasteiger partial charge in [-0.2, -0.15) is 0 Å². The normalized spacial score (nSPS) is 19.0. The van der Waals surface area contributed by atoms with E-state index in [2.05, 4.69) is 4.98 Å². The molecule has 1 saturated heterocycles. The summed E-state index contributed by atoms with van der Waals surface area (Å²) < 4.78 is 29.1. The molecule has 42 heavy (non-hydrogen) atoms. The summed E-state index contributed by atoms with van der Waals surface area (Å²) in [6, 6.07) is 2.66. The predicted molar refractivity (Wildman–Crippen MR) is 150 cm³/mol. The molecule has 0 bridgehead atoms. The number of aromatic carboxylic acids is 1. The third kappa shape index (κ3) is 5.76. The highest BCUT2D eigenvalue weighted by Gasteiger charge is 2.26. The van der Waals surface area contributed by atoms with E-state index < -0.39 is 52.3 Å². The lowest BCUT2D eigenvalue weighted by atomic mass is 10.1. The van der Waals surface area contributed by atoms with E-state index >= 15 is 4.39 Å². The second-order valence-electron chi connectivity index (χ2n) is 10.2. The van der Waals surface area contributed by atoms with Gasteiger partial charge < -0.3 is 24.0 Å². The van der Waals surface area contributed by atoms with Crippen LogP contribution in [0.25, 0.3) is 10.9 Å². The summed E-state index contributed by atoms with van der Waals surface area (Å²) in [7, 11) is 0. The lowest BCUT2D eigenvalue weighted by Crippen LogP contribution is -2.48. The third-order valence-electron chi connectivity index (χ3n) is 7.42. The van der Waals surface area contributed by atoms with Gasteiger partial charge in [0.2, 0.25) is 5.43 Å². The Morgan fingerprint density at radius 2 is 1.86 bits per heavy atom. The molecule has 1 aromatic carbocycles. The molecule has 0 amide bonds. The molecule has 2 N–H and O–H groups in total. The number of halogens is 1. The molecular weight excluding hydrogens is 553 g/mol. The maximum absolute atomic E-state index is 15.1. The number of aromatic nitrogens is 3. The lowest BCUT2D eigenvalue weighted by Gasteiger charge is -2.35. The zero-order chi connectivity index (χ0) is 30.1. The monoisotopic (exact) mass is 583 g/mol. The van der Waals surface area contributed by atoms with Crippen molar-refractivity contribution in [3.8, 4) is 0 Å². The van der Waals surface area contributed by atoms with Crippen LogP contribution in [0, 0.1) is 12.7 Å². The number of pyridine rings is 1. The van der Waals surface area contributed by atoms with Gasteiger partial charge in [-0.15, -0.1) is 0 Å². The van der Waals surface area contributed by atoms with E-state index in [0.29, 0.717) is 49.5 Å². The highest BCUT2D eigenvalue weighted by molar-refractivity contribution is 5.93. The van der Waals surface area contributed by atoms with Crippen LogP contribution in [0.2, 0.25) is 0 Å². The number of aryl methyl sites for hydroxylation is 2. The third-order valence-corrected chi connectivity index (χ3v) is 7.42. The Kier molecular flexibility index (Phi) is 8.09. The zero-order valence-electron chi connectivity index (χ0n) is 23.0. The van der Waals surface area contributed by atoms with Crippen LogP contribution in [0.4, 0.5) is 10.1 Å². The summed E-state index contributed by atoms with van der Waals surface area (Å²) in [5.41, 5.74) is -1.11. The first-order chi connectivity index (χ1) is 20.0. The highest BCUT2D eigenvalue weighted by Crippen LogP contribution is 2.26. The van der Waals surface area contributed by atoms with Gasteiger partial charge in [-0.25, -0.2) is 14.0 Å². The molecule has 2 aliphatic rings. The Balaban J connectivity index is 1.15. The van der Waals surface area contributed by atoms with Crippen LogP contribution in [0.15, 0.2) is 51.1 Å². The molecule has 2 unspecified atom stereocenters. The standard InChI is InChI=1S/C28H30FN5O8/c1-3-32-13-19(27(38)39)25(36)18-10-20(29)22(11-21(18)32)33-8-6-31(7-9-33)14-24(35)41-15-17-4-5-23(42-17)34-12-16(2)26(37)30-28(34)40/h4-5,10-13,17,23H,3,6-9,14-15H2,1-2H3,(H,38,39)(H,30,37,40). The molecule has 2 aromatic heterocycles. The Morgan fingerprint density at radius 1 is 1.12 bits per heavy atom. The minimum Gasteiger partial charge on any atom is -0.477 e. The number of carbonyl (C=O) groups excluding carboxylic acids is 1. The van der Waals surface area contributed by atoms with Gasteiger partial charge in [0.25, 0.3) is 5.56 Å². The number of carboxylic acids is 1. The molecule has 222 valence electrons. The Morgan fingerprint density at radius 3 is 2.55 bits per heavy atom. The SMILES string of the molecule is CCn1cc(C(=O)O)c(=O)c2cc(F)c(N3CCN(CC(=O)OCC4C=CC(n5cc(C)c(=O)[nH]c5=O)O4)CC3)cc21. The largest absolute Gasteiger partial charge is 0.477 e. The van der Waals surface area contributed by atoms with E-state index in [-0.39, 0.29) is 18.5 Å². The minimum atomic E-state index is -1.36. The van der Waals surface area contributed by atoms with Gasteiger partial charge >= 0.3 is 17.6 Å². The molecule has 3 aromatic rings. The lowest BCUT2D eigenvalue weighted by molar-refractivity contribution is -0.149. The van der Waals surface area contributed by atoms with Crippen LogP contribution >= 0.6 is 0 Å². The molecule has 1 fully saturated rings. The molecular formula is C28H30FN5O8. The molecule has 2 aliphatic heterocycles. The molecule has 5 rings (SSSR count). The summed E-state index contributed by atoms with van der Waals surface area (Å²) >= 11 is 0. The average Bonchev–Trinajstić information content (AvgIpc) is 3.43. The predicted octanol–water partition coefficient (Wildman–Crippen LogP) is 0.836. The second-order valence-corrected chi connectivity index (χ2v) is 10.2. The van der Waals surface area contributed by atoms with Gasteiger partial charge in [0, 0.05) is 56.1 Å². The maximum Gasteiger partial charge on any atom is 0.341 e. The molecule has 0 aliphatic carbocycles. The first kappa shape index (κ1) is 29.0.